The topological polar surface area (TPSA) is 89.3 Å². The zero-order chi connectivity index (χ0) is 28.4. The second-order valence-electron chi connectivity index (χ2n) is 9.72. The maximum Gasteiger partial charge on any atom is 0.304 e. The SMILES string of the molecule is CCCc1nc(Cc2ccccc2)cc2c1ccc(=O)n2Cc1ccc(-c2cc(CC)sc2S(=O)(=O)O)c(Cl)c1. The van der Waals surface area contributed by atoms with Gasteiger partial charge in [-0.3, -0.25) is 14.3 Å². The van der Waals surface area contributed by atoms with Crippen LogP contribution in [0.5, 0.6) is 0 Å². The molecule has 40 heavy (non-hydrogen) atoms. The van der Waals surface area contributed by atoms with Gasteiger partial charge in [-0.1, -0.05) is 74.3 Å². The lowest BCUT2D eigenvalue weighted by molar-refractivity contribution is 0.486. The van der Waals surface area contributed by atoms with Crippen LogP contribution in [0.4, 0.5) is 0 Å². The van der Waals surface area contributed by atoms with Gasteiger partial charge in [-0.2, -0.15) is 8.42 Å². The number of hydrogen-bond acceptors (Lipinski definition) is 5. The highest BCUT2D eigenvalue weighted by molar-refractivity contribution is 7.88. The van der Waals surface area contributed by atoms with E-state index in [0.29, 0.717) is 29.0 Å². The third-order valence-corrected chi connectivity index (χ3v) is 9.79. The molecule has 2 aromatic carbocycles. The summed E-state index contributed by atoms with van der Waals surface area (Å²) in [4.78, 5) is 18.9. The Labute approximate surface area is 242 Å². The number of aromatic nitrogens is 2. The molecule has 0 radical (unpaired) electrons. The summed E-state index contributed by atoms with van der Waals surface area (Å²) in [5, 5.41) is 1.29. The third kappa shape index (κ3) is 5.90. The lowest BCUT2D eigenvalue weighted by Crippen LogP contribution is -2.21. The number of halogens is 1. The van der Waals surface area contributed by atoms with E-state index in [0.717, 1.165) is 62.5 Å². The van der Waals surface area contributed by atoms with Crippen molar-refractivity contribution in [3.8, 4) is 11.1 Å². The predicted octanol–water partition coefficient (Wildman–Crippen LogP) is 7.18. The van der Waals surface area contributed by atoms with Gasteiger partial charge in [-0.25, -0.2) is 0 Å². The van der Waals surface area contributed by atoms with Crippen LogP contribution in [0.25, 0.3) is 22.0 Å². The summed E-state index contributed by atoms with van der Waals surface area (Å²) >= 11 is 7.71. The Morgan fingerprint density at radius 2 is 1.73 bits per heavy atom. The van der Waals surface area contributed by atoms with Crippen molar-refractivity contribution in [3.63, 3.8) is 0 Å². The van der Waals surface area contributed by atoms with Crippen molar-refractivity contribution >= 4 is 44.0 Å². The van der Waals surface area contributed by atoms with Crippen molar-refractivity contribution in [2.24, 2.45) is 0 Å². The molecular formula is C31H29ClN2O4S2. The van der Waals surface area contributed by atoms with Crippen LogP contribution < -0.4 is 5.56 Å². The first-order valence-corrected chi connectivity index (χ1v) is 15.8. The van der Waals surface area contributed by atoms with Gasteiger partial charge in [-0.05, 0) is 48.2 Å². The van der Waals surface area contributed by atoms with Crippen LogP contribution in [-0.2, 0) is 35.9 Å². The van der Waals surface area contributed by atoms with E-state index >= 15 is 0 Å². The van der Waals surface area contributed by atoms with E-state index in [2.05, 4.69) is 19.1 Å². The summed E-state index contributed by atoms with van der Waals surface area (Å²) in [7, 11) is -4.40. The fourth-order valence-electron chi connectivity index (χ4n) is 4.94. The maximum atomic E-state index is 13.2. The first-order valence-electron chi connectivity index (χ1n) is 13.1. The number of nitrogens with zero attached hydrogens (tertiary/aromatic N) is 2. The molecule has 206 valence electrons. The second kappa shape index (κ2) is 11.7. The van der Waals surface area contributed by atoms with Crippen LogP contribution in [0.2, 0.25) is 5.02 Å². The van der Waals surface area contributed by atoms with Gasteiger partial charge in [0.15, 0.2) is 4.21 Å². The van der Waals surface area contributed by atoms with Crippen molar-refractivity contribution in [3.05, 3.63) is 116 Å². The minimum Gasteiger partial charge on any atom is -0.304 e. The molecule has 0 saturated carbocycles. The largest absolute Gasteiger partial charge is 0.304 e. The number of hydrogen-bond donors (Lipinski definition) is 1. The van der Waals surface area contributed by atoms with Crippen LogP contribution in [0.1, 0.15) is 47.7 Å². The Bertz CT molecular complexity index is 1860. The Morgan fingerprint density at radius 3 is 2.40 bits per heavy atom. The first kappa shape index (κ1) is 28.2. The van der Waals surface area contributed by atoms with Gasteiger partial charge in [0.1, 0.15) is 0 Å². The molecule has 0 aliphatic heterocycles. The smallest absolute Gasteiger partial charge is 0.304 e. The standard InChI is InChI=1S/C31H29ClN2O4S2/c1-3-8-28-25-13-14-30(35)34(29(25)17-22(33-28)15-20-9-6-5-7-10-20)19-21-11-12-24(27(32)16-21)26-18-23(4-2)39-31(26)40(36,37)38/h5-7,9-14,16-18H,3-4,8,15,19H2,1-2H3,(H,36,37,38). The van der Waals surface area contributed by atoms with Crippen LogP contribution in [0.15, 0.2) is 81.8 Å². The maximum absolute atomic E-state index is 13.2. The van der Waals surface area contributed by atoms with E-state index in [-0.39, 0.29) is 16.3 Å². The normalized spacial score (nSPS) is 11.8. The molecule has 0 aliphatic rings. The number of thiophene rings is 1. The van der Waals surface area contributed by atoms with Crippen molar-refractivity contribution in [2.75, 3.05) is 0 Å². The Hall–Kier alpha value is -3.30. The number of aryl methyl sites for hydroxylation is 2. The molecule has 0 atom stereocenters. The van der Waals surface area contributed by atoms with Gasteiger partial charge in [0, 0.05) is 50.3 Å². The summed E-state index contributed by atoms with van der Waals surface area (Å²) in [5.41, 5.74) is 5.38. The lowest BCUT2D eigenvalue weighted by Gasteiger charge is -2.15. The Kier molecular flexibility index (Phi) is 8.24. The first-order chi connectivity index (χ1) is 19.2. The summed E-state index contributed by atoms with van der Waals surface area (Å²) in [6, 6.07) is 22.6. The molecule has 0 bridgehead atoms. The van der Waals surface area contributed by atoms with Crippen molar-refractivity contribution in [1.82, 2.24) is 9.55 Å². The van der Waals surface area contributed by atoms with E-state index in [4.69, 9.17) is 16.6 Å². The average molecular weight is 593 g/mol. The van der Waals surface area contributed by atoms with Gasteiger partial charge in [0.25, 0.3) is 5.56 Å². The predicted molar refractivity (Wildman–Crippen MR) is 162 cm³/mol. The number of fused-ring (bicyclic) bond motifs is 1. The number of rotatable bonds is 9. The highest BCUT2D eigenvalue weighted by Gasteiger charge is 2.22. The van der Waals surface area contributed by atoms with Crippen molar-refractivity contribution in [2.45, 2.75) is 50.3 Å². The summed E-state index contributed by atoms with van der Waals surface area (Å²) in [6.07, 6.45) is 3.02. The number of pyridine rings is 2. The minimum atomic E-state index is -4.40. The zero-order valence-electron chi connectivity index (χ0n) is 22.2. The van der Waals surface area contributed by atoms with Crippen molar-refractivity contribution < 1.29 is 13.0 Å². The highest BCUT2D eigenvalue weighted by atomic mass is 35.5. The average Bonchev–Trinajstić information content (AvgIpc) is 3.36. The van der Waals surface area contributed by atoms with Gasteiger partial charge >= 0.3 is 10.1 Å². The fourth-order valence-corrected chi connectivity index (χ4v) is 7.27. The molecule has 0 unspecified atom stereocenters. The van der Waals surface area contributed by atoms with E-state index < -0.39 is 10.1 Å². The summed E-state index contributed by atoms with van der Waals surface area (Å²) in [5.74, 6) is 0. The Morgan fingerprint density at radius 1 is 0.950 bits per heavy atom. The molecule has 3 heterocycles. The number of benzene rings is 2. The quantitative estimate of drug-likeness (QED) is 0.183. The molecule has 9 heteroatoms. The van der Waals surface area contributed by atoms with E-state index in [1.807, 2.05) is 43.3 Å². The van der Waals surface area contributed by atoms with Gasteiger partial charge in [0.2, 0.25) is 0 Å². The highest BCUT2D eigenvalue weighted by Crippen LogP contribution is 2.39. The van der Waals surface area contributed by atoms with E-state index in [9.17, 15) is 17.8 Å². The molecule has 0 amide bonds. The molecule has 3 aromatic heterocycles. The molecule has 0 aliphatic carbocycles. The van der Waals surface area contributed by atoms with Gasteiger partial charge < -0.3 is 4.57 Å². The minimum absolute atomic E-state index is 0.119. The molecule has 0 fully saturated rings. The molecule has 5 rings (SSSR count). The monoisotopic (exact) mass is 592 g/mol. The molecule has 1 N–H and O–H groups in total. The second-order valence-corrected chi connectivity index (χ2v) is 12.9. The van der Waals surface area contributed by atoms with Crippen LogP contribution >= 0.6 is 22.9 Å². The summed E-state index contributed by atoms with van der Waals surface area (Å²) in [6.45, 7) is 4.32. The lowest BCUT2D eigenvalue weighted by atomic mass is 10.0. The van der Waals surface area contributed by atoms with E-state index in [1.54, 1.807) is 28.8 Å². The molecule has 0 spiro atoms. The van der Waals surface area contributed by atoms with Crippen LogP contribution in [0, 0.1) is 0 Å². The molecule has 6 nitrogen and oxygen atoms in total. The fraction of sp³-hybridized carbons (Fsp3) is 0.226. The Balaban J connectivity index is 1.57. The molecule has 5 aromatic rings. The van der Waals surface area contributed by atoms with Gasteiger partial charge in [-0.15, -0.1) is 11.3 Å². The summed E-state index contributed by atoms with van der Waals surface area (Å²) < 4.78 is 35.5. The van der Waals surface area contributed by atoms with Gasteiger partial charge in [0.05, 0.1) is 12.1 Å². The zero-order valence-corrected chi connectivity index (χ0v) is 24.6. The van der Waals surface area contributed by atoms with E-state index in [1.165, 1.54) is 0 Å². The third-order valence-electron chi connectivity index (χ3n) is 6.83. The van der Waals surface area contributed by atoms with Crippen LogP contribution in [-0.4, -0.2) is 22.5 Å². The molecular weight excluding hydrogens is 564 g/mol. The van der Waals surface area contributed by atoms with Crippen LogP contribution in [0.3, 0.4) is 0 Å². The van der Waals surface area contributed by atoms with Crippen molar-refractivity contribution in [1.29, 1.82) is 0 Å². The molecule has 0 saturated heterocycles.